The number of aromatic nitrogens is 1. The van der Waals surface area contributed by atoms with Gasteiger partial charge in [-0.15, -0.1) is 0 Å². The number of benzene rings is 2. The predicted octanol–water partition coefficient (Wildman–Crippen LogP) is 2.98. The van der Waals surface area contributed by atoms with Gasteiger partial charge in [0.05, 0.1) is 5.69 Å². The zero-order valence-corrected chi connectivity index (χ0v) is 13.3. The average molecular weight is 321 g/mol. The molecule has 3 rings (SSSR count). The number of hydrogen-bond donors (Lipinski definition) is 1. The van der Waals surface area contributed by atoms with Gasteiger partial charge in [-0.1, -0.05) is 47.6 Å². The van der Waals surface area contributed by atoms with Gasteiger partial charge in [0.1, 0.15) is 6.26 Å². The number of hydrogen-bond acceptors (Lipinski definition) is 4. The van der Waals surface area contributed by atoms with E-state index in [2.05, 4.69) is 22.2 Å². The van der Waals surface area contributed by atoms with Crippen LogP contribution < -0.4 is 5.73 Å². The molecule has 2 N–H and O–H groups in total. The number of rotatable bonds is 7. The van der Waals surface area contributed by atoms with E-state index in [1.165, 1.54) is 5.56 Å². The van der Waals surface area contributed by atoms with Crippen molar-refractivity contribution in [2.45, 2.75) is 19.6 Å². The average Bonchev–Trinajstić information content (AvgIpc) is 3.09. The Bertz CT molecular complexity index is 785. The van der Waals surface area contributed by atoms with Crippen LogP contribution in [0.4, 0.5) is 0 Å². The number of nitrogens with two attached hydrogens (primary N) is 1. The highest BCUT2D eigenvalue weighted by atomic mass is 16.5. The molecule has 2 aromatic carbocycles. The Kier molecular flexibility index (Phi) is 5.03. The predicted molar refractivity (Wildman–Crippen MR) is 90.9 cm³/mol. The van der Waals surface area contributed by atoms with Gasteiger partial charge in [-0.05, 0) is 23.3 Å². The fourth-order valence-electron chi connectivity index (χ4n) is 2.64. The molecule has 0 aliphatic carbocycles. The lowest BCUT2D eigenvalue weighted by molar-refractivity contribution is 0.1000. The van der Waals surface area contributed by atoms with Crippen LogP contribution in [-0.2, 0) is 19.6 Å². The Morgan fingerprint density at radius 2 is 1.71 bits per heavy atom. The van der Waals surface area contributed by atoms with Gasteiger partial charge >= 0.3 is 0 Å². The van der Waals surface area contributed by atoms with E-state index in [0.717, 1.165) is 17.8 Å². The molecule has 0 atom stereocenters. The summed E-state index contributed by atoms with van der Waals surface area (Å²) in [7, 11) is 0. The molecule has 0 spiro atoms. The van der Waals surface area contributed by atoms with Gasteiger partial charge in [0.15, 0.2) is 0 Å². The molecule has 0 radical (unpaired) electrons. The summed E-state index contributed by atoms with van der Waals surface area (Å²) >= 11 is 0. The molecular weight excluding hydrogens is 302 g/mol. The van der Waals surface area contributed by atoms with Gasteiger partial charge in [-0.3, -0.25) is 9.69 Å². The first-order valence-corrected chi connectivity index (χ1v) is 7.75. The zero-order chi connectivity index (χ0) is 16.8. The van der Waals surface area contributed by atoms with Gasteiger partial charge < -0.3 is 10.3 Å². The minimum Gasteiger partial charge on any atom is -0.366 e. The largest absolute Gasteiger partial charge is 0.366 e. The molecule has 0 aliphatic rings. The van der Waals surface area contributed by atoms with Crippen LogP contribution >= 0.6 is 0 Å². The van der Waals surface area contributed by atoms with Crippen LogP contribution in [0.1, 0.15) is 27.2 Å². The second-order valence-corrected chi connectivity index (χ2v) is 5.69. The second-order valence-electron chi connectivity index (χ2n) is 5.69. The van der Waals surface area contributed by atoms with Crippen LogP contribution in [0.5, 0.6) is 0 Å². The van der Waals surface area contributed by atoms with Gasteiger partial charge in [0.25, 0.3) is 0 Å². The van der Waals surface area contributed by atoms with Crippen LogP contribution in [0.25, 0.3) is 0 Å². The molecule has 0 aliphatic heterocycles. The van der Waals surface area contributed by atoms with Crippen LogP contribution in [0.3, 0.4) is 0 Å². The summed E-state index contributed by atoms with van der Waals surface area (Å²) < 4.78 is 4.93. The normalized spacial score (nSPS) is 10.9. The molecule has 122 valence electrons. The third-order valence-electron chi connectivity index (χ3n) is 3.74. The lowest BCUT2D eigenvalue weighted by atomic mass is 10.1. The molecule has 1 heterocycles. The maximum atomic E-state index is 11.4. The molecule has 0 saturated heterocycles. The molecule has 0 bridgehead atoms. The topological polar surface area (TPSA) is 72.4 Å². The lowest BCUT2D eigenvalue weighted by Gasteiger charge is -2.21. The molecule has 1 amide bonds. The van der Waals surface area contributed by atoms with Crippen LogP contribution in [-0.4, -0.2) is 16.0 Å². The lowest BCUT2D eigenvalue weighted by Crippen LogP contribution is -2.23. The SMILES string of the molecule is NC(=O)c1cccc(CN(Cc2ccccc2)Cc2ccon2)c1. The Morgan fingerprint density at radius 1 is 0.958 bits per heavy atom. The fraction of sp³-hybridized carbons (Fsp3) is 0.158. The Labute approximate surface area is 140 Å². The summed E-state index contributed by atoms with van der Waals surface area (Å²) in [6.45, 7) is 2.11. The van der Waals surface area contributed by atoms with Gasteiger partial charge in [0.2, 0.25) is 5.91 Å². The highest BCUT2D eigenvalue weighted by Crippen LogP contribution is 2.14. The van der Waals surface area contributed by atoms with E-state index >= 15 is 0 Å². The summed E-state index contributed by atoms with van der Waals surface area (Å²) in [5.74, 6) is -0.414. The van der Waals surface area contributed by atoms with Gasteiger partial charge in [0, 0.05) is 31.3 Å². The van der Waals surface area contributed by atoms with E-state index in [4.69, 9.17) is 10.3 Å². The van der Waals surface area contributed by atoms with Crippen molar-refractivity contribution >= 4 is 5.91 Å². The monoisotopic (exact) mass is 321 g/mol. The molecule has 0 unspecified atom stereocenters. The Balaban J connectivity index is 1.78. The highest BCUT2D eigenvalue weighted by molar-refractivity contribution is 5.92. The molecule has 0 fully saturated rings. The number of carbonyl (C=O) groups is 1. The quantitative estimate of drug-likeness (QED) is 0.726. The minimum atomic E-state index is -0.414. The minimum absolute atomic E-state index is 0.414. The van der Waals surface area contributed by atoms with E-state index in [9.17, 15) is 4.79 Å². The van der Waals surface area contributed by atoms with Crippen LogP contribution in [0.2, 0.25) is 0 Å². The first-order chi connectivity index (χ1) is 11.7. The second kappa shape index (κ2) is 7.57. The summed E-state index contributed by atoms with van der Waals surface area (Å²) in [5.41, 5.74) is 9.01. The standard InChI is InChI=1S/C19H19N3O2/c20-19(23)17-8-4-7-16(11-17)13-22(14-18-9-10-24-21-18)12-15-5-2-1-3-6-15/h1-11H,12-14H2,(H2,20,23). The third kappa shape index (κ3) is 4.30. The van der Waals surface area contributed by atoms with Crippen molar-refractivity contribution in [2.75, 3.05) is 0 Å². The first kappa shape index (κ1) is 16.0. The number of nitrogens with zero attached hydrogens (tertiary/aromatic N) is 2. The first-order valence-electron chi connectivity index (χ1n) is 7.75. The molecule has 24 heavy (non-hydrogen) atoms. The van der Waals surface area contributed by atoms with E-state index in [1.807, 2.05) is 42.5 Å². The molecular formula is C19H19N3O2. The molecule has 5 heteroatoms. The van der Waals surface area contributed by atoms with Crippen molar-refractivity contribution in [3.05, 3.63) is 89.3 Å². The van der Waals surface area contributed by atoms with Gasteiger partial charge in [-0.2, -0.15) is 0 Å². The number of amides is 1. The van der Waals surface area contributed by atoms with Crippen LogP contribution in [0.15, 0.2) is 71.4 Å². The zero-order valence-electron chi connectivity index (χ0n) is 13.3. The Hall–Kier alpha value is -2.92. The van der Waals surface area contributed by atoms with Crippen LogP contribution in [0, 0.1) is 0 Å². The van der Waals surface area contributed by atoms with E-state index in [1.54, 1.807) is 12.3 Å². The van der Waals surface area contributed by atoms with Crippen molar-refractivity contribution in [3.63, 3.8) is 0 Å². The van der Waals surface area contributed by atoms with Crippen molar-refractivity contribution in [3.8, 4) is 0 Å². The van der Waals surface area contributed by atoms with Crippen molar-refractivity contribution < 1.29 is 9.32 Å². The van der Waals surface area contributed by atoms with Crippen molar-refractivity contribution in [1.29, 1.82) is 0 Å². The van der Waals surface area contributed by atoms with E-state index in [-0.39, 0.29) is 0 Å². The molecule has 5 nitrogen and oxygen atoms in total. The van der Waals surface area contributed by atoms with Crippen molar-refractivity contribution in [2.24, 2.45) is 5.73 Å². The summed E-state index contributed by atoms with van der Waals surface area (Å²) in [6.07, 6.45) is 1.57. The summed E-state index contributed by atoms with van der Waals surface area (Å²) in [4.78, 5) is 13.6. The summed E-state index contributed by atoms with van der Waals surface area (Å²) in [5, 5.41) is 3.99. The smallest absolute Gasteiger partial charge is 0.248 e. The summed E-state index contributed by atoms with van der Waals surface area (Å²) in [6, 6.07) is 19.5. The maximum Gasteiger partial charge on any atom is 0.248 e. The fourth-order valence-corrected chi connectivity index (χ4v) is 2.64. The van der Waals surface area contributed by atoms with E-state index < -0.39 is 5.91 Å². The number of primary amides is 1. The highest BCUT2D eigenvalue weighted by Gasteiger charge is 2.11. The van der Waals surface area contributed by atoms with Gasteiger partial charge in [-0.25, -0.2) is 0 Å². The molecule has 0 saturated carbocycles. The van der Waals surface area contributed by atoms with Crippen molar-refractivity contribution in [1.82, 2.24) is 10.1 Å². The molecule has 1 aromatic heterocycles. The Morgan fingerprint density at radius 3 is 2.42 bits per heavy atom. The molecule has 3 aromatic rings. The third-order valence-corrected chi connectivity index (χ3v) is 3.74. The van der Waals surface area contributed by atoms with E-state index in [0.29, 0.717) is 18.7 Å². The number of carbonyl (C=O) groups excluding carboxylic acids is 1. The maximum absolute atomic E-state index is 11.4.